The van der Waals surface area contributed by atoms with Crippen LogP contribution in [-0.2, 0) is 0 Å². The molecule has 0 aliphatic heterocycles. The van der Waals surface area contributed by atoms with E-state index >= 15 is 0 Å². The van der Waals surface area contributed by atoms with Crippen molar-refractivity contribution in [2.45, 2.75) is 0 Å². The minimum Gasteiger partial charge on any atom is -0.309 e. The summed E-state index contributed by atoms with van der Waals surface area (Å²) in [6.07, 6.45) is 5.66. The topological polar surface area (TPSA) is 52.9 Å². The Balaban J connectivity index is 1.42. The fraction of sp³-hybridized carbons (Fsp3) is 0. The van der Waals surface area contributed by atoms with Crippen molar-refractivity contribution in [1.29, 1.82) is 0 Å². The van der Waals surface area contributed by atoms with Crippen LogP contribution in [0, 0.1) is 0 Å². The summed E-state index contributed by atoms with van der Waals surface area (Å²) in [5.74, 6) is 0. The van der Waals surface area contributed by atoms with E-state index in [1.165, 1.54) is 32.6 Å². The zero-order chi connectivity index (χ0) is 30.6. The molecule has 0 bridgehead atoms. The molecule has 5 aromatic carbocycles. The minimum atomic E-state index is 0.842. The highest BCUT2D eigenvalue weighted by atomic mass is 15.1. The van der Waals surface area contributed by atoms with E-state index in [9.17, 15) is 0 Å². The van der Waals surface area contributed by atoms with E-state index < -0.39 is 0 Å². The van der Waals surface area contributed by atoms with Crippen molar-refractivity contribution >= 4 is 82.1 Å². The molecule has 6 nitrogen and oxygen atoms in total. The fourth-order valence-corrected chi connectivity index (χ4v) is 7.81. The second-order valence-electron chi connectivity index (χ2n) is 12.1. The van der Waals surface area contributed by atoms with Gasteiger partial charge >= 0.3 is 0 Å². The quantitative estimate of drug-likeness (QED) is 0.186. The molecule has 6 aromatic heterocycles. The van der Waals surface area contributed by atoms with Gasteiger partial charge in [0.05, 0.1) is 33.0 Å². The van der Waals surface area contributed by atoms with Crippen LogP contribution in [0.4, 0.5) is 0 Å². The molecular weight excluding hydrogens is 576 g/mol. The van der Waals surface area contributed by atoms with Crippen LogP contribution in [0.2, 0.25) is 0 Å². The van der Waals surface area contributed by atoms with Gasteiger partial charge in [-0.2, -0.15) is 0 Å². The molecule has 0 amide bonds. The zero-order valence-electron chi connectivity index (χ0n) is 25.0. The van der Waals surface area contributed by atoms with Crippen molar-refractivity contribution in [3.8, 4) is 11.4 Å². The predicted octanol–water partition coefficient (Wildman–Crippen LogP) is 9.78. The molecule has 6 heterocycles. The molecule has 0 unspecified atom stereocenters. The van der Waals surface area contributed by atoms with Crippen molar-refractivity contribution in [2.75, 3.05) is 0 Å². The van der Waals surface area contributed by atoms with Gasteiger partial charge < -0.3 is 9.13 Å². The third-order valence-electron chi connectivity index (χ3n) is 9.72. The van der Waals surface area contributed by atoms with Gasteiger partial charge in [0.15, 0.2) is 5.65 Å². The summed E-state index contributed by atoms with van der Waals surface area (Å²) in [4.78, 5) is 14.6. The summed E-state index contributed by atoms with van der Waals surface area (Å²) in [7, 11) is 0. The van der Waals surface area contributed by atoms with Crippen LogP contribution in [0.1, 0.15) is 0 Å². The van der Waals surface area contributed by atoms with Crippen LogP contribution in [0.5, 0.6) is 0 Å². The molecule has 0 aliphatic carbocycles. The number of para-hydroxylation sites is 3. The Morgan fingerprint density at radius 1 is 0.447 bits per heavy atom. The van der Waals surface area contributed by atoms with Crippen LogP contribution in [-0.4, -0.2) is 28.5 Å². The van der Waals surface area contributed by atoms with E-state index in [-0.39, 0.29) is 0 Å². The molecule has 0 saturated heterocycles. The Hall–Kier alpha value is -6.53. The molecule has 0 N–H and O–H groups in total. The number of nitrogens with zero attached hydrogens (tertiary/aromatic N) is 6. The molecule has 0 aliphatic rings. The average molecular weight is 601 g/mol. The zero-order valence-corrected chi connectivity index (χ0v) is 25.0. The smallest absolute Gasteiger partial charge is 0.164 e. The minimum absolute atomic E-state index is 0.842. The third kappa shape index (κ3) is 3.21. The van der Waals surface area contributed by atoms with Crippen molar-refractivity contribution in [1.82, 2.24) is 28.5 Å². The van der Waals surface area contributed by atoms with Gasteiger partial charge in [0, 0.05) is 56.9 Å². The first-order chi connectivity index (χ1) is 23.3. The normalized spacial score (nSPS) is 12.3. The highest BCUT2D eigenvalue weighted by Gasteiger charge is 2.23. The molecule has 11 rings (SSSR count). The molecule has 6 heteroatoms. The number of hydrogen-bond acceptors (Lipinski definition) is 3. The summed E-state index contributed by atoms with van der Waals surface area (Å²) in [6, 6.07) is 45.4. The standard InChI is InChI=1S/C41H24N6/c1-3-10-25(11-4-1)45-34-16-8-7-14-27(34)30-22-37-31(23-36(30)45)29-18-17-28-32-24-42-21-19-35(32)47-40-33(15-9-20-43-40)44-41(47)38(28)39(29)46(37)26-12-5-2-6-13-26/h1-24H. The van der Waals surface area contributed by atoms with Crippen LogP contribution in [0.25, 0.3) is 93.5 Å². The first-order valence-electron chi connectivity index (χ1n) is 15.8. The van der Waals surface area contributed by atoms with Gasteiger partial charge in [-0.05, 0) is 66.0 Å². The Labute approximate surface area is 267 Å². The summed E-state index contributed by atoms with van der Waals surface area (Å²) >= 11 is 0. The Morgan fingerprint density at radius 2 is 1.15 bits per heavy atom. The Bertz CT molecular complexity index is 3060. The van der Waals surface area contributed by atoms with E-state index in [2.05, 4.69) is 134 Å². The lowest BCUT2D eigenvalue weighted by Gasteiger charge is -2.13. The molecule has 218 valence electrons. The first-order valence-corrected chi connectivity index (χ1v) is 15.8. The van der Waals surface area contributed by atoms with Gasteiger partial charge in [0.25, 0.3) is 0 Å². The van der Waals surface area contributed by atoms with E-state index in [4.69, 9.17) is 9.97 Å². The fourth-order valence-electron chi connectivity index (χ4n) is 7.81. The van der Waals surface area contributed by atoms with Crippen LogP contribution in [0.3, 0.4) is 0 Å². The largest absolute Gasteiger partial charge is 0.309 e. The average Bonchev–Trinajstić information content (AvgIpc) is 3.79. The van der Waals surface area contributed by atoms with Gasteiger partial charge in [0.1, 0.15) is 11.2 Å². The van der Waals surface area contributed by atoms with Gasteiger partial charge in [-0.3, -0.25) is 9.38 Å². The maximum absolute atomic E-state index is 5.25. The van der Waals surface area contributed by atoms with Crippen LogP contribution < -0.4 is 0 Å². The molecular formula is C41H24N6. The molecule has 11 aromatic rings. The summed E-state index contributed by atoms with van der Waals surface area (Å²) < 4.78 is 7.02. The Morgan fingerprint density at radius 3 is 1.98 bits per heavy atom. The second kappa shape index (κ2) is 9.02. The lowest BCUT2D eigenvalue weighted by Crippen LogP contribution is -1.97. The number of imidazole rings is 1. The first kappa shape index (κ1) is 24.8. The molecule has 0 saturated carbocycles. The van der Waals surface area contributed by atoms with Gasteiger partial charge in [-0.25, -0.2) is 9.97 Å². The molecule has 47 heavy (non-hydrogen) atoms. The maximum atomic E-state index is 5.25. The molecule has 0 fully saturated rings. The lowest BCUT2D eigenvalue weighted by molar-refractivity contribution is 1.18. The highest BCUT2D eigenvalue weighted by Crippen LogP contribution is 2.44. The SMILES string of the molecule is c1ccc(-n2c3ccccc3c3cc4c(cc32)c2ccc3c5cnccc5n5c6ncccc6nc5c3c2n4-c2ccccc2)cc1. The number of benzene rings is 5. The van der Waals surface area contributed by atoms with Crippen molar-refractivity contribution in [3.63, 3.8) is 0 Å². The lowest BCUT2D eigenvalue weighted by atomic mass is 10.0. The van der Waals surface area contributed by atoms with Crippen molar-refractivity contribution < 1.29 is 0 Å². The van der Waals surface area contributed by atoms with E-state index in [1.54, 1.807) is 0 Å². The third-order valence-corrected chi connectivity index (χ3v) is 9.72. The number of rotatable bonds is 2. The Kier molecular flexibility index (Phi) is 4.75. The number of hydrogen-bond donors (Lipinski definition) is 0. The molecule has 0 spiro atoms. The maximum Gasteiger partial charge on any atom is 0.164 e. The summed E-state index contributed by atoms with van der Waals surface area (Å²) in [5.41, 5.74) is 10.5. The molecule has 0 atom stereocenters. The van der Waals surface area contributed by atoms with E-state index in [1.807, 2.05) is 30.7 Å². The summed E-state index contributed by atoms with van der Waals surface area (Å²) in [6.45, 7) is 0. The van der Waals surface area contributed by atoms with Gasteiger partial charge in [0.2, 0.25) is 0 Å². The summed E-state index contributed by atoms with van der Waals surface area (Å²) in [5, 5.41) is 8.09. The van der Waals surface area contributed by atoms with Gasteiger partial charge in [-0.1, -0.05) is 66.7 Å². The molecule has 0 radical (unpaired) electrons. The number of aromatic nitrogens is 6. The number of fused-ring (bicyclic) bond motifs is 15. The second-order valence-corrected chi connectivity index (χ2v) is 12.1. The van der Waals surface area contributed by atoms with Crippen molar-refractivity contribution in [2.24, 2.45) is 0 Å². The van der Waals surface area contributed by atoms with Crippen LogP contribution >= 0.6 is 0 Å². The highest BCUT2D eigenvalue weighted by molar-refractivity contribution is 6.28. The van der Waals surface area contributed by atoms with E-state index in [0.717, 1.165) is 60.9 Å². The van der Waals surface area contributed by atoms with E-state index in [0.29, 0.717) is 0 Å². The number of pyridine rings is 3. The van der Waals surface area contributed by atoms with Crippen molar-refractivity contribution in [3.05, 3.63) is 146 Å². The van der Waals surface area contributed by atoms with Gasteiger partial charge in [-0.15, -0.1) is 0 Å². The van der Waals surface area contributed by atoms with Crippen LogP contribution in [0.15, 0.2) is 146 Å². The predicted molar refractivity (Wildman–Crippen MR) is 192 cm³/mol. The monoisotopic (exact) mass is 600 g/mol.